The first-order valence-corrected chi connectivity index (χ1v) is 8.15. The molecule has 1 aromatic carbocycles. The molecule has 1 aliphatic heterocycles. The predicted octanol–water partition coefficient (Wildman–Crippen LogP) is 2.92. The Morgan fingerprint density at radius 1 is 1.33 bits per heavy atom. The number of carbonyl (C=O) groups excluding carboxylic acids is 1. The third kappa shape index (κ3) is 3.69. The maximum atomic E-state index is 12.5. The summed E-state index contributed by atoms with van der Waals surface area (Å²) in [5.74, 6) is 2.50. The summed E-state index contributed by atoms with van der Waals surface area (Å²) in [4.78, 5) is 14.4. The smallest absolute Gasteiger partial charge is 0.259 e. The zero-order valence-electron chi connectivity index (χ0n) is 14.0. The Labute approximate surface area is 141 Å². The second kappa shape index (κ2) is 7.38. The predicted molar refractivity (Wildman–Crippen MR) is 88.4 cm³/mol. The van der Waals surface area contributed by atoms with E-state index in [9.17, 15) is 4.79 Å². The van der Waals surface area contributed by atoms with Gasteiger partial charge in [0.15, 0.2) is 0 Å². The van der Waals surface area contributed by atoms with Crippen LogP contribution in [0.4, 0.5) is 0 Å². The number of rotatable bonds is 5. The number of aromatic nitrogens is 1. The number of ether oxygens (including phenoxy) is 2. The van der Waals surface area contributed by atoms with Crippen LogP contribution >= 0.6 is 0 Å². The average molecular weight is 330 g/mol. The first-order chi connectivity index (χ1) is 11.7. The molecule has 1 saturated heterocycles. The van der Waals surface area contributed by atoms with Crippen molar-refractivity contribution >= 4 is 5.91 Å². The van der Waals surface area contributed by atoms with Gasteiger partial charge in [0.05, 0.1) is 19.9 Å². The highest BCUT2D eigenvalue weighted by Crippen LogP contribution is 2.22. The molecule has 3 rings (SSSR count). The van der Waals surface area contributed by atoms with Crippen LogP contribution in [-0.2, 0) is 0 Å². The molecule has 2 heterocycles. The monoisotopic (exact) mass is 330 g/mol. The summed E-state index contributed by atoms with van der Waals surface area (Å²) in [5, 5.41) is 3.69. The molecule has 24 heavy (non-hydrogen) atoms. The van der Waals surface area contributed by atoms with Crippen LogP contribution in [0.3, 0.4) is 0 Å². The third-order valence-corrected chi connectivity index (χ3v) is 4.33. The summed E-state index contributed by atoms with van der Waals surface area (Å²) in [7, 11) is 1.64. The van der Waals surface area contributed by atoms with Crippen molar-refractivity contribution in [3.8, 4) is 11.5 Å². The van der Waals surface area contributed by atoms with Crippen LogP contribution in [0.15, 0.2) is 35.0 Å². The quantitative estimate of drug-likeness (QED) is 0.843. The van der Waals surface area contributed by atoms with Crippen molar-refractivity contribution in [3.63, 3.8) is 0 Å². The van der Waals surface area contributed by atoms with Gasteiger partial charge in [0.1, 0.15) is 22.8 Å². The molecule has 1 unspecified atom stereocenters. The topological polar surface area (TPSA) is 64.8 Å². The van der Waals surface area contributed by atoms with Crippen LogP contribution in [0, 0.1) is 12.8 Å². The fourth-order valence-corrected chi connectivity index (χ4v) is 2.95. The van der Waals surface area contributed by atoms with E-state index in [0.717, 1.165) is 30.9 Å². The summed E-state index contributed by atoms with van der Waals surface area (Å²) in [6.45, 7) is 3.81. The van der Waals surface area contributed by atoms with Crippen molar-refractivity contribution in [2.24, 2.45) is 5.92 Å². The maximum Gasteiger partial charge on any atom is 0.259 e. The van der Waals surface area contributed by atoms with Crippen molar-refractivity contribution in [1.82, 2.24) is 10.1 Å². The number of hydrogen-bond acceptors (Lipinski definition) is 5. The van der Waals surface area contributed by atoms with Gasteiger partial charge >= 0.3 is 0 Å². The summed E-state index contributed by atoms with van der Waals surface area (Å²) in [6, 6.07) is 7.54. The first kappa shape index (κ1) is 16.4. The van der Waals surface area contributed by atoms with Crippen LogP contribution in [0.25, 0.3) is 0 Å². The minimum absolute atomic E-state index is 0.0112. The maximum absolute atomic E-state index is 12.5. The van der Waals surface area contributed by atoms with E-state index in [4.69, 9.17) is 14.0 Å². The fraction of sp³-hybridized carbons (Fsp3) is 0.444. The molecule has 0 N–H and O–H groups in total. The molecule has 2 aromatic rings. The van der Waals surface area contributed by atoms with E-state index >= 15 is 0 Å². The second-order valence-corrected chi connectivity index (χ2v) is 6.04. The van der Waals surface area contributed by atoms with Crippen LogP contribution in [-0.4, -0.2) is 42.8 Å². The number of benzene rings is 1. The van der Waals surface area contributed by atoms with E-state index < -0.39 is 0 Å². The molecule has 0 radical (unpaired) electrons. The lowest BCUT2D eigenvalue weighted by molar-refractivity contribution is 0.0631. The number of likely N-dealkylation sites (tertiary alicyclic amines) is 1. The number of hydrogen-bond donors (Lipinski definition) is 0. The van der Waals surface area contributed by atoms with E-state index in [-0.39, 0.29) is 5.91 Å². The van der Waals surface area contributed by atoms with Crippen LogP contribution in [0.1, 0.15) is 29.0 Å². The van der Waals surface area contributed by atoms with Gasteiger partial charge in [-0.05, 0) is 44.0 Å². The lowest BCUT2D eigenvalue weighted by Crippen LogP contribution is -2.41. The number of nitrogens with zero attached hydrogens (tertiary/aromatic N) is 2. The zero-order chi connectivity index (χ0) is 16.9. The van der Waals surface area contributed by atoms with Gasteiger partial charge in [-0.1, -0.05) is 5.16 Å². The summed E-state index contributed by atoms with van der Waals surface area (Å²) < 4.78 is 16.0. The molecular formula is C18H22N2O4. The average Bonchev–Trinajstić information content (AvgIpc) is 3.06. The third-order valence-electron chi connectivity index (χ3n) is 4.33. The molecule has 0 bridgehead atoms. The Bertz CT molecular complexity index is 681. The van der Waals surface area contributed by atoms with Crippen LogP contribution in [0.2, 0.25) is 0 Å². The van der Waals surface area contributed by atoms with Gasteiger partial charge in [-0.2, -0.15) is 0 Å². The molecule has 6 nitrogen and oxygen atoms in total. The van der Waals surface area contributed by atoms with Gasteiger partial charge < -0.3 is 18.9 Å². The fourth-order valence-electron chi connectivity index (χ4n) is 2.95. The molecule has 6 heteroatoms. The molecule has 1 aliphatic rings. The minimum atomic E-state index is -0.0112. The Morgan fingerprint density at radius 2 is 2.08 bits per heavy atom. The Morgan fingerprint density at radius 3 is 2.75 bits per heavy atom. The van der Waals surface area contributed by atoms with Gasteiger partial charge in [0, 0.05) is 19.0 Å². The van der Waals surface area contributed by atoms with E-state index in [1.54, 1.807) is 14.0 Å². The number of methoxy groups -OCH3 is 1. The molecular weight excluding hydrogens is 308 g/mol. The van der Waals surface area contributed by atoms with Crippen molar-refractivity contribution in [3.05, 3.63) is 41.8 Å². The Hall–Kier alpha value is -2.50. The largest absolute Gasteiger partial charge is 0.497 e. The van der Waals surface area contributed by atoms with Gasteiger partial charge in [-0.3, -0.25) is 4.79 Å². The lowest BCUT2D eigenvalue weighted by Gasteiger charge is -2.32. The molecule has 1 atom stereocenters. The Balaban J connectivity index is 1.55. The summed E-state index contributed by atoms with van der Waals surface area (Å²) >= 11 is 0. The first-order valence-electron chi connectivity index (χ1n) is 8.15. The van der Waals surface area contributed by atoms with Gasteiger partial charge in [0.2, 0.25) is 0 Å². The van der Waals surface area contributed by atoms with Crippen molar-refractivity contribution in [2.75, 3.05) is 26.8 Å². The minimum Gasteiger partial charge on any atom is -0.497 e. The molecule has 1 aromatic heterocycles. The Kier molecular flexibility index (Phi) is 5.03. The highest BCUT2D eigenvalue weighted by Gasteiger charge is 2.27. The van der Waals surface area contributed by atoms with Crippen LogP contribution in [0.5, 0.6) is 11.5 Å². The zero-order valence-corrected chi connectivity index (χ0v) is 14.0. The SMILES string of the molecule is COc1ccc(OCC2CCCN(C(=O)c3cnoc3C)C2)cc1. The number of piperidine rings is 1. The van der Waals surface area contributed by atoms with E-state index in [1.165, 1.54) is 6.20 Å². The van der Waals surface area contributed by atoms with Gasteiger partial charge in [-0.15, -0.1) is 0 Å². The standard InChI is InChI=1S/C18H22N2O4/c1-13-17(10-19-24-13)18(21)20-9-3-4-14(11-20)12-23-16-7-5-15(22-2)6-8-16/h5-8,10,14H,3-4,9,11-12H2,1-2H3. The van der Waals surface area contributed by atoms with Gasteiger partial charge in [-0.25, -0.2) is 0 Å². The van der Waals surface area contributed by atoms with Crippen molar-refractivity contribution in [1.29, 1.82) is 0 Å². The second-order valence-electron chi connectivity index (χ2n) is 6.04. The summed E-state index contributed by atoms with van der Waals surface area (Å²) in [6.07, 6.45) is 3.53. The summed E-state index contributed by atoms with van der Waals surface area (Å²) in [5.41, 5.74) is 0.548. The molecule has 0 saturated carbocycles. The molecule has 0 aliphatic carbocycles. The van der Waals surface area contributed by atoms with Crippen molar-refractivity contribution in [2.45, 2.75) is 19.8 Å². The van der Waals surface area contributed by atoms with E-state index in [0.29, 0.717) is 30.4 Å². The highest BCUT2D eigenvalue weighted by atomic mass is 16.5. The van der Waals surface area contributed by atoms with Crippen LogP contribution < -0.4 is 9.47 Å². The van der Waals surface area contributed by atoms with E-state index in [2.05, 4.69) is 5.16 Å². The molecule has 1 amide bonds. The van der Waals surface area contributed by atoms with Crippen molar-refractivity contribution < 1.29 is 18.8 Å². The highest BCUT2D eigenvalue weighted by molar-refractivity contribution is 5.94. The molecule has 128 valence electrons. The molecule has 0 spiro atoms. The molecule has 1 fully saturated rings. The lowest BCUT2D eigenvalue weighted by atomic mass is 9.98. The normalized spacial score (nSPS) is 17.6. The number of aryl methyl sites for hydroxylation is 1. The van der Waals surface area contributed by atoms with E-state index in [1.807, 2.05) is 29.2 Å². The van der Waals surface area contributed by atoms with Gasteiger partial charge in [0.25, 0.3) is 5.91 Å². The number of carbonyl (C=O) groups is 1. The number of amides is 1.